The van der Waals surface area contributed by atoms with Crippen LogP contribution in [0.15, 0.2) is 10.9 Å². The molecule has 0 aromatic carbocycles. The first-order chi connectivity index (χ1) is 10.0. The summed E-state index contributed by atoms with van der Waals surface area (Å²) in [6.45, 7) is 1.78. The van der Waals surface area contributed by atoms with Crippen LogP contribution in [0.5, 0.6) is 0 Å². The van der Waals surface area contributed by atoms with Crippen LogP contribution in [0.4, 0.5) is 5.13 Å². The van der Waals surface area contributed by atoms with Crippen LogP contribution in [-0.4, -0.2) is 31.7 Å². The molecule has 0 aliphatic heterocycles. The van der Waals surface area contributed by atoms with Crippen molar-refractivity contribution < 1.29 is 9.90 Å². The molecule has 1 saturated carbocycles. The summed E-state index contributed by atoms with van der Waals surface area (Å²) in [5, 5.41) is 17.2. The highest BCUT2D eigenvalue weighted by molar-refractivity contribution is 7.20. The Morgan fingerprint density at radius 3 is 2.81 bits per heavy atom. The highest BCUT2D eigenvalue weighted by Crippen LogP contribution is 2.27. The van der Waals surface area contributed by atoms with Crippen molar-refractivity contribution in [1.82, 2.24) is 14.6 Å². The van der Waals surface area contributed by atoms with Crippen LogP contribution in [0.25, 0.3) is 4.96 Å². The third kappa shape index (κ3) is 2.90. The van der Waals surface area contributed by atoms with Gasteiger partial charge < -0.3 is 10.4 Å². The Morgan fingerprint density at radius 1 is 1.43 bits per heavy atom. The maximum absolute atomic E-state index is 11.8. The minimum absolute atomic E-state index is 0.184. The molecule has 1 aliphatic rings. The summed E-state index contributed by atoms with van der Waals surface area (Å²) >= 11 is 1.34. The zero-order valence-corrected chi connectivity index (χ0v) is 12.4. The third-order valence-corrected chi connectivity index (χ3v) is 4.62. The summed E-state index contributed by atoms with van der Waals surface area (Å²) in [7, 11) is 0. The van der Waals surface area contributed by atoms with Crippen LogP contribution in [0.3, 0.4) is 0 Å². The van der Waals surface area contributed by atoms with E-state index in [1.54, 1.807) is 6.92 Å². The van der Waals surface area contributed by atoms with Crippen molar-refractivity contribution in [2.75, 3.05) is 5.32 Å². The van der Waals surface area contributed by atoms with E-state index in [1.807, 2.05) is 0 Å². The second-order valence-corrected chi connectivity index (χ2v) is 6.32. The molecule has 21 heavy (non-hydrogen) atoms. The first-order valence-corrected chi connectivity index (χ1v) is 7.71. The van der Waals surface area contributed by atoms with E-state index in [9.17, 15) is 9.59 Å². The number of anilines is 1. The topological polar surface area (TPSA) is 96.6 Å². The van der Waals surface area contributed by atoms with E-state index < -0.39 is 5.97 Å². The molecule has 2 N–H and O–H groups in total. The Balaban J connectivity index is 1.73. The van der Waals surface area contributed by atoms with E-state index in [4.69, 9.17) is 5.11 Å². The second kappa shape index (κ2) is 5.44. The standard InChI is InChI=1S/C13H16N4O3S/c1-7-6-10(18)17-13(14-7)21-12(16-17)15-9-4-2-8(3-5-9)11(19)20/h6,8-9H,2-5H2,1H3,(H,15,16)(H,19,20). The Morgan fingerprint density at radius 2 is 2.14 bits per heavy atom. The van der Waals surface area contributed by atoms with Gasteiger partial charge in [-0.05, 0) is 32.6 Å². The number of aliphatic carboxylic acids is 1. The molecule has 0 unspecified atom stereocenters. The molecule has 1 fully saturated rings. The van der Waals surface area contributed by atoms with E-state index >= 15 is 0 Å². The van der Waals surface area contributed by atoms with Gasteiger partial charge >= 0.3 is 5.97 Å². The van der Waals surface area contributed by atoms with Gasteiger partial charge in [0.05, 0.1) is 5.92 Å². The zero-order chi connectivity index (χ0) is 15.0. The van der Waals surface area contributed by atoms with Crippen molar-refractivity contribution in [1.29, 1.82) is 0 Å². The van der Waals surface area contributed by atoms with E-state index in [1.165, 1.54) is 21.9 Å². The lowest BCUT2D eigenvalue weighted by Crippen LogP contribution is -2.29. The number of hydrogen-bond acceptors (Lipinski definition) is 6. The van der Waals surface area contributed by atoms with Gasteiger partial charge in [0.15, 0.2) is 0 Å². The van der Waals surface area contributed by atoms with E-state index in [2.05, 4.69) is 15.4 Å². The molecule has 0 saturated heterocycles. The summed E-state index contributed by atoms with van der Waals surface area (Å²) in [6, 6.07) is 1.66. The summed E-state index contributed by atoms with van der Waals surface area (Å²) in [6.07, 6.45) is 2.95. The van der Waals surface area contributed by atoms with Gasteiger partial charge in [0, 0.05) is 17.8 Å². The molecule has 0 bridgehead atoms. The molecular formula is C13H16N4O3S. The van der Waals surface area contributed by atoms with Gasteiger partial charge in [0.1, 0.15) is 0 Å². The van der Waals surface area contributed by atoms with E-state index in [0.717, 1.165) is 12.8 Å². The molecular weight excluding hydrogens is 292 g/mol. The zero-order valence-electron chi connectivity index (χ0n) is 11.6. The Bertz CT molecular complexity index is 731. The first-order valence-electron chi connectivity index (χ1n) is 6.90. The van der Waals surface area contributed by atoms with E-state index in [-0.39, 0.29) is 17.5 Å². The maximum atomic E-state index is 11.8. The predicted molar refractivity (Wildman–Crippen MR) is 78.9 cm³/mol. The quantitative estimate of drug-likeness (QED) is 0.892. The molecule has 2 aromatic heterocycles. The van der Waals surface area contributed by atoms with Crippen LogP contribution in [0.1, 0.15) is 31.4 Å². The summed E-state index contributed by atoms with van der Waals surface area (Å²) < 4.78 is 1.29. The van der Waals surface area contributed by atoms with Crippen molar-refractivity contribution in [2.45, 2.75) is 38.6 Å². The molecule has 7 nitrogen and oxygen atoms in total. The van der Waals surface area contributed by atoms with Crippen molar-refractivity contribution in [3.05, 3.63) is 22.1 Å². The van der Waals surface area contributed by atoms with Crippen LogP contribution in [0, 0.1) is 12.8 Å². The number of fused-ring (bicyclic) bond motifs is 1. The first kappa shape index (κ1) is 14.0. The van der Waals surface area contributed by atoms with Gasteiger partial charge in [0.25, 0.3) is 5.56 Å². The Hall–Kier alpha value is -1.96. The number of rotatable bonds is 3. The number of aromatic nitrogens is 3. The number of hydrogen-bond donors (Lipinski definition) is 2. The highest BCUT2D eigenvalue weighted by atomic mass is 32.1. The van der Waals surface area contributed by atoms with Gasteiger partial charge in [-0.1, -0.05) is 11.3 Å². The molecule has 112 valence electrons. The van der Waals surface area contributed by atoms with Gasteiger partial charge in [-0.15, -0.1) is 5.10 Å². The number of carbonyl (C=O) groups is 1. The van der Waals surface area contributed by atoms with Gasteiger partial charge in [0.2, 0.25) is 10.1 Å². The molecule has 0 spiro atoms. The number of carboxylic acids is 1. The number of aryl methyl sites for hydroxylation is 1. The fourth-order valence-electron chi connectivity index (χ4n) is 2.64. The molecule has 0 amide bonds. The van der Waals surface area contributed by atoms with Crippen LogP contribution >= 0.6 is 11.3 Å². The lowest BCUT2D eigenvalue weighted by Gasteiger charge is -2.26. The molecule has 0 radical (unpaired) electrons. The average Bonchev–Trinajstić information content (AvgIpc) is 2.82. The van der Waals surface area contributed by atoms with Crippen LogP contribution in [-0.2, 0) is 4.79 Å². The summed E-state index contributed by atoms with van der Waals surface area (Å²) in [4.78, 5) is 27.6. The molecule has 3 rings (SSSR count). The van der Waals surface area contributed by atoms with Crippen molar-refractivity contribution in [3.8, 4) is 0 Å². The highest BCUT2D eigenvalue weighted by Gasteiger charge is 2.26. The van der Waals surface area contributed by atoms with Crippen LogP contribution in [0.2, 0.25) is 0 Å². The monoisotopic (exact) mass is 308 g/mol. The number of carboxylic acid groups (broad SMARTS) is 1. The SMILES string of the molecule is Cc1cc(=O)n2nc(NC3CCC(C(=O)O)CC3)sc2n1. The van der Waals surface area contributed by atoms with E-state index in [0.29, 0.717) is 28.6 Å². The molecule has 1 aliphatic carbocycles. The van der Waals surface area contributed by atoms with Crippen molar-refractivity contribution >= 4 is 27.4 Å². The fraction of sp³-hybridized carbons (Fsp3) is 0.538. The van der Waals surface area contributed by atoms with Gasteiger partial charge in [-0.25, -0.2) is 4.98 Å². The van der Waals surface area contributed by atoms with Gasteiger partial charge in [-0.2, -0.15) is 4.52 Å². The number of nitrogens with zero attached hydrogens (tertiary/aromatic N) is 3. The average molecular weight is 308 g/mol. The Kier molecular flexibility index (Phi) is 3.62. The lowest BCUT2D eigenvalue weighted by atomic mass is 9.86. The largest absolute Gasteiger partial charge is 0.481 e. The normalized spacial score (nSPS) is 22.3. The molecule has 2 aromatic rings. The lowest BCUT2D eigenvalue weighted by molar-refractivity contribution is -0.142. The molecule has 2 heterocycles. The Labute approximate surface area is 124 Å². The summed E-state index contributed by atoms with van der Waals surface area (Å²) in [5.41, 5.74) is 0.494. The molecule has 8 heteroatoms. The van der Waals surface area contributed by atoms with Crippen molar-refractivity contribution in [2.24, 2.45) is 5.92 Å². The maximum Gasteiger partial charge on any atom is 0.306 e. The van der Waals surface area contributed by atoms with Crippen molar-refractivity contribution in [3.63, 3.8) is 0 Å². The third-order valence-electron chi connectivity index (χ3n) is 3.78. The smallest absolute Gasteiger partial charge is 0.306 e. The number of nitrogens with one attached hydrogen (secondary N) is 1. The minimum Gasteiger partial charge on any atom is -0.481 e. The second-order valence-electron chi connectivity index (χ2n) is 5.37. The van der Waals surface area contributed by atoms with Gasteiger partial charge in [-0.3, -0.25) is 9.59 Å². The molecule has 0 atom stereocenters. The fourth-order valence-corrected chi connectivity index (χ4v) is 3.57. The summed E-state index contributed by atoms with van der Waals surface area (Å²) in [5.74, 6) is -0.940. The minimum atomic E-state index is -0.709. The predicted octanol–water partition coefficient (Wildman–Crippen LogP) is 1.51. The van der Waals surface area contributed by atoms with Crippen LogP contribution < -0.4 is 10.9 Å².